The zero-order chi connectivity index (χ0) is 19.2. The van der Waals surface area contributed by atoms with Gasteiger partial charge in [-0.2, -0.15) is 0 Å². The Morgan fingerprint density at radius 3 is 2.22 bits per heavy atom. The highest BCUT2D eigenvalue weighted by atomic mass is 15.3. The van der Waals surface area contributed by atoms with Gasteiger partial charge >= 0.3 is 0 Å². The van der Waals surface area contributed by atoms with Gasteiger partial charge in [0.15, 0.2) is 5.96 Å². The molecule has 1 aliphatic carbocycles. The Labute approximate surface area is 160 Å². The van der Waals surface area contributed by atoms with Gasteiger partial charge in [-0.25, -0.2) is 0 Å². The minimum absolute atomic E-state index is 0.126. The summed E-state index contributed by atoms with van der Waals surface area (Å²) in [6, 6.07) is 18.9. The van der Waals surface area contributed by atoms with Crippen molar-refractivity contribution in [1.29, 1.82) is 5.41 Å². The Morgan fingerprint density at radius 1 is 0.889 bits per heavy atom. The van der Waals surface area contributed by atoms with Gasteiger partial charge in [-0.15, -0.1) is 0 Å². The van der Waals surface area contributed by atoms with Crippen LogP contribution in [0.3, 0.4) is 0 Å². The molecule has 0 radical (unpaired) electrons. The molecule has 4 rings (SSSR count). The first-order valence-corrected chi connectivity index (χ1v) is 9.28. The Balaban J connectivity index is 1.60. The van der Waals surface area contributed by atoms with Gasteiger partial charge in [0.25, 0.3) is 0 Å². The van der Waals surface area contributed by atoms with Gasteiger partial charge in [0.1, 0.15) is 0 Å². The molecule has 0 aliphatic heterocycles. The van der Waals surface area contributed by atoms with E-state index >= 15 is 0 Å². The number of benzene rings is 3. The molecule has 3 nitrogen and oxygen atoms in total. The minimum Gasteiger partial charge on any atom is -0.326 e. The summed E-state index contributed by atoms with van der Waals surface area (Å²) in [6.07, 6.45) is 4.31. The smallest absolute Gasteiger partial charge is 0.199 e. The predicted octanol–water partition coefficient (Wildman–Crippen LogP) is 6.10. The monoisotopic (exact) mass is 355 g/mol. The molecule has 27 heavy (non-hydrogen) atoms. The maximum atomic E-state index is 8.54. The molecular weight excluding hydrogens is 330 g/mol. The minimum atomic E-state index is 0.126. The van der Waals surface area contributed by atoms with Gasteiger partial charge in [0.2, 0.25) is 0 Å². The molecule has 0 bridgehead atoms. The molecule has 0 heterocycles. The molecule has 136 valence electrons. The first kappa shape index (κ1) is 17.3. The summed E-state index contributed by atoms with van der Waals surface area (Å²) < 4.78 is 0. The number of hydrogen-bond acceptors (Lipinski definition) is 1. The maximum absolute atomic E-state index is 8.54. The molecular formula is C24H25N3. The first-order chi connectivity index (χ1) is 12.8. The lowest BCUT2D eigenvalue weighted by Crippen LogP contribution is -2.32. The molecule has 0 aromatic heterocycles. The van der Waals surface area contributed by atoms with Crippen LogP contribution in [0, 0.1) is 5.41 Å². The van der Waals surface area contributed by atoms with E-state index in [1.165, 1.54) is 27.5 Å². The summed E-state index contributed by atoms with van der Waals surface area (Å²) in [6.45, 7) is 6.61. The van der Waals surface area contributed by atoms with Crippen molar-refractivity contribution in [3.63, 3.8) is 0 Å². The summed E-state index contributed by atoms with van der Waals surface area (Å²) in [5, 5.41) is 14.2. The van der Waals surface area contributed by atoms with E-state index in [4.69, 9.17) is 5.41 Å². The largest absolute Gasteiger partial charge is 0.326 e. The molecule has 0 atom stereocenters. The quantitative estimate of drug-likeness (QED) is 0.337. The van der Waals surface area contributed by atoms with Gasteiger partial charge in [-0.3, -0.25) is 5.41 Å². The van der Waals surface area contributed by atoms with Crippen molar-refractivity contribution in [3.05, 3.63) is 71.3 Å². The third kappa shape index (κ3) is 3.10. The van der Waals surface area contributed by atoms with Crippen molar-refractivity contribution in [2.24, 2.45) is 0 Å². The summed E-state index contributed by atoms with van der Waals surface area (Å²) in [7, 11) is 1.94. The van der Waals surface area contributed by atoms with Crippen molar-refractivity contribution in [2.45, 2.75) is 26.2 Å². The molecule has 0 saturated carbocycles. The maximum Gasteiger partial charge on any atom is 0.199 e. The van der Waals surface area contributed by atoms with Crippen molar-refractivity contribution >= 4 is 40.3 Å². The Bertz CT molecular complexity index is 1040. The second-order valence-electron chi connectivity index (χ2n) is 8.14. The van der Waals surface area contributed by atoms with Gasteiger partial charge in [-0.1, -0.05) is 69.3 Å². The highest BCUT2D eigenvalue weighted by Gasteiger charge is 2.17. The third-order valence-corrected chi connectivity index (χ3v) is 5.23. The Kier molecular flexibility index (Phi) is 4.03. The molecule has 0 unspecified atom stereocenters. The molecule has 0 fully saturated rings. The van der Waals surface area contributed by atoms with E-state index in [0.29, 0.717) is 5.96 Å². The number of rotatable bonds is 2. The molecule has 0 saturated heterocycles. The van der Waals surface area contributed by atoms with E-state index in [9.17, 15) is 0 Å². The normalized spacial score (nSPS) is 12.4. The van der Waals surface area contributed by atoms with Crippen LogP contribution in [0.2, 0.25) is 0 Å². The second-order valence-corrected chi connectivity index (χ2v) is 8.14. The van der Waals surface area contributed by atoms with Crippen molar-refractivity contribution in [3.8, 4) is 0 Å². The van der Waals surface area contributed by atoms with Gasteiger partial charge in [0, 0.05) is 18.1 Å². The zero-order valence-corrected chi connectivity index (χ0v) is 16.3. The van der Waals surface area contributed by atoms with E-state index < -0.39 is 0 Å². The number of anilines is 2. The SMILES string of the molecule is CN(C(=N)Nc1ccc(C(C)(C)C)cc1)c1ccc2c3c(cccc13)C=C2. The number of guanidine groups is 1. The Hall–Kier alpha value is -3.07. The fourth-order valence-corrected chi connectivity index (χ4v) is 3.59. The van der Waals surface area contributed by atoms with E-state index in [1.807, 2.05) is 24.1 Å². The van der Waals surface area contributed by atoms with Crippen molar-refractivity contribution in [2.75, 3.05) is 17.3 Å². The van der Waals surface area contributed by atoms with E-state index in [1.54, 1.807) is 0 Å². The van der Waals surface area contributed by atoms with Crippen LogP contribution in [0.25, 0.3) is 22.9 Å². The van der Waals surface area contributed by atoms with Crippen LogP contribution in [0.15, 0.2) is 54.6 Å². The fraction of sp³-hybridized carbons (Fsp3) is 0.208. The molecule has 3 aromatic rings. The van der Waals surface area contributed by atoms with Crippen LogP contribution in [0.5, 0.6) is 0 Å². The van der Waals surface area contributed by atoms with Crippen LogP contribution >= 0.6 is 0 Å². The van der Waals surface area contributed by atoms with E-state index in [-0.39, 0.29) is 5.41 Å². The topological polar surface area (TPSA) is 39.1 Å². The third-order valence-electron chi connectivity index (χ3n) is 5.23. The fourth-order valence-electron chi connectivity index (χ4n) is 3.59. The highest BCUT2D eigenvalue weighted by Crippen LogP contribution is 2.36. The summed E-state index contributed by atoms with van der Waals surface area (Å²) in [4.78, 5) is 1.90. The van der Waals surface area contributed by atoms with Crippen LogP contribution in [-0.4, -0.2) is 13.0 Å². The lowest BCUT2D eigenvalue weighted by atomic mass is 9.87. The number of hydrogen-bond donors (Lipinski definition) is 2. The lowest BCUT2D eigenvalue weighted by molar-refractivity contribution is 0.590. The van der Waals surface area contributed by atoms with Crippen molar-refractivity contribution in [1.82, 2.24) is 0 Å². The molecule has 2 N–H and O–H groups in total. The highest BCUT2D eigenvalue weighted by molar-refractivity contribution is 6.14. The Morgan fingerprint density at radius 2 is 1.56 bits per heavy atom. The van der Waals surface area contributed by atoms with Crippen LogP contribution < -0.4 is 10.2 Å². The first-order valence-electron chi connectivity index (χ1n) is 9.28. The number of nitrogens with one attached hydrogen (secondary N) is 2. The molecule has 0 spiro atoms. The van der Waals surface area contributed by atoms with Crippen LogP contribution in [-0.2, 0) is 5.41 Å². The predicted molar refractivity (Wildman–Crippen MR) is 118 cm³/mol. The lowest BCUT2D eigenvalue weighted by Gasteiger charge is -2.24. The van der Waals surface area contributed by atoms with E-state index in [0.717, 1.165) is 11.4 Å². The molecule has 3 aromatic carbocycles. The summed E-state index contributed by atoms with van der Waals surface area (Å²) in [5.41, 5.74) is 5.86. The van der Waals surface area contributed by atoms with Crippen LogP contribution in [0.1, 0.15) is 37.5 Å². The van der Waals surface area contributed by atoms with Crippen LogP contribution in [0.4, 0.5) is 11.4 Å². The molecule has 1 aliphatic rings. The van der Waals surface area contributed by atoms with Gasteiger partial charge < -0.3 is 10.2 Å². The van der Waals surface area contributed by atoms with E-state index in [2.05, 4.69) is 80.7 Å². The summed E-state index contributed by atoms with van der Waals surface area (Å²) >= 11 is 0. The second kappa shape index (κ2) is 6.27. The van der Waals surface area contributed by atoms with Crippen molar-refractivity contribution < 1.29 is 0 Å². The molecule has 0 amide bonds. The number of nitrogens with zero attached hydrogens (tertiary/aromatic N) is 1. The zero-order valence-electron chi connectivity index (χ0n) is 16.3. The molecule has 3 heteroatoms. The van der Waals surface area contributed by atoms with Gasteiger partial charge in [0.05, 0.1) is 5.69 Å². The average Bonchev–Trinajstić information content (AvgIpc) is 3.06. The summed E-state index contributed by atoms with van der Waals surface area (Å²) in [5.74, 6) is 0.352. The standard InChI is InChI=1S/C24H25N3/c1-24(2,3)18-11-13-19(14-12-18)26-23(25)27(4)21-15-10-17-9-8-16-6-5-7-20(21)22(16)17/h5-15H,1-4H3,(H2,25,26). The average molecular weight is 355 g/mol. The van der Waals surface area contributed by atoms with Gasteiger partial charge in [-0.05, 0) is 45.7 Å².